The monoisotopic (exact) mass is 452 g/mol. The second-order valence-corrected chi connectivity index (χ2v) is 11.6. The maximum Gasteiger partial charge on any atom is 0.273 e. The van der Waals surface area contributed by atoms with Crippen molar-refractivity contribution in [2.75, 3.05) is 0 Å². The molecule has 10 heteroatoms. The van der Waals surface area contributed by atoms with Crippen molar-refractivity contribution in [2.24, 2.45) is 22.3 Å². The summed E-state index contributed by atoms with van der Waals surface area (Å²) in [5.74, 6) is -3.74. The first kappa shape index (κ1) is 24.4. The molecule has 1 heterocycles. The van der Waals surface area contributed by atoms with Crippen LogP contribution < -0.4 is 11.5 Å². The molecule has 3 fully saturated rings. The van der Waals surface area contributed by atoms with Gasteiger partial charge in [-0.15, -0.1) is 0 Å². The van der Waals surface area contributed by atoms with Gasteiger partial charge in [0.05, 0.1) is 0 Å². The molecule has 2 atom stereocenters. The fraction of sp³-hybridized carbons (Fsp3) is 0.818. The lowest BCUT2D eigenvalue weighted by molar-refractivity contribution is -0.353. The molecule has 180 valence electrons. The second-order valence-electron chi connectivity index (χ2n) is 11.6. The number of amides is 4. The molecule has 0 radical (unpaired) electrons. The molecular weight excluding hydrogens is 416 g/mol. The van der Waals surface area contributed by atoms with Crippen molar-refractivity contribution < 1.29 is 29.4 Å². The number of nitrogens with two attached hydrogens (primary N) is 2. The summed E-state index contributed by atoms with van der Waals surface area (Å²) in [6, 6.07) is 0. The summed E-state index contributed by atoms with van der Waals surface area (Å²) in [5.41, 5.74) is 0.549. The first-order valence-corrected chi connectivity index (χ1v) is 11.1. The zero-order valence-corrected chi connectivity index (χ0v) is 19.8. The number of nitrogens with zero attached hydrogens (tertiary/aromatic N) is 2. The van der Waals surface area contributed by atoms with Crippen molar-refractivity contribution in [1.82, 2.24) is 9.80 Å². The van der Waals surface area contributed by atoms with E-state index in [2.05, 4.69) is 0 Å². The molecule has 0 aromatic heterocycles. The Morgan fingerprint density at radius 2 is 0.906 bits per heavy atom. The lowest BCUT2D eigenvalue weighted by Crippen LogP contribution is -2.97. The molecule has 2 saturated carbocycles. The summed E-state index contributed by atoms with van der Waals surface area (Å²) in [5, 5.41) is 24.2. The van der Waals surface area contributed by atoms with E-state index < -0.39 is 57.0 Å². The van der Waals surface area contributed by atoms with Gasteiger partial charge in [-0.25, -0.2) is 0 Å². The van der Waals surface area contributed by atoms with E-state index in [0.717, 1.165) is 9.80 Å². The maximum atomic E-state index is 13.8. The fourth-order valence-electron chi connectivity index (χ4n) is 5.55. The van der Waals surface area contributed by atoms with E-state index >= 15 is 0 Å². The molecule has 0 aromatic rings. The highest BCUT2D eigenvalue weighted by molar-refractivity contribution is 6.00. The summed E-state index contributed by atoms with van der Waals surface area (Å²) >= 11 is 0. The number of piperazine rings is 1. The summed E-state index contributed by atoms with van der Waals surface area (Å²) in [6.45, 7) is 9.62. The van der Waals surface area contributed by atoms with Crippen LogP contribution in [0.1, 0.15) is 80.1 Å². The van der Waals surface area contributed by atoms with Gasteiger partial charge in [-0.3, -0.25) is 29.0 Å². The molecule has 3 rings (SSSR count). The molecule has 0 aromatic carbocycles. The Hall–Kier alpha value is -2.20. The van der Waals surface area contributed by atoms with Crippen molar-refractivity contribution in [3.8, 4) is 0 Å². The average molecular weight is 453 g/mol. The highest BCUT2D eigenvalue weighted by Gasteiger charge is 2.83. The highest BCUT2D eigenvalue weighted by Crippen LogP contribution is 2.63. The zero-order valence-electron chi connectivity index (χ0n) is 19.8. The Kier molecular flexibility index (Phi) is 5.09. The molecule has 32 heavy (non-hydrogen) atoms. The van der Waals surface area contributed by atoms with Crippen molar-refractivity contribution in [3.63, 3.8) is 0 Å². The minimum Gasteiger partial charge on any atom is -0.365 e. The molecular formula is C22H36N4O6. The van der Waals surface area contributed by atoms with Crippen LogP contribution in [0, 0.1) is 10.8 Å². The molecule has 2 spiro atoms. The minimum absolute atomic E-state index is 0.0633. The predicted molar refractivity (Wildman–Crippen MR) is 114 cm³/mol. The molecule has 4 amide bonds. The zero-order chi connectivity index (χ0) is 24.7. The van der Waals surface area contributed by atoms with Gasteiger partial charge in [0.25, 0.3) is 11.8 Å². The van der Waals surface area contributed by atoms with Gasteiger partial charge in [-0.05, 0) is 38.5 Å². The van der Waals surface area contributed by atoms with Crippen LogP contribution >= 0.6 is 0 Å². The van der Waals surface area contributed by atoms with Gasteiger partial charge in [-0.2, -0.15) is 0 Å². The number of carbonyl (C=O) groups is 4. The molecule has 10 nitrogen and oxygen atoms in total. The summed E-state index contributed by atoms with van der Waals surface area (Å²) in [6.07, 6.45) is 1.23. The first-order valence-electron chi connectivity index (χ1n) is 11.1. The van der Waals surface area contributed by atoms with E-state index in [0.29, 0.717) is 12.8 Å². The van der Waals surface area contributed by atoms with Crippen LogP contribution in [-0.2, 0) is 19.2 Å². The van der Waals surface area contributed by atoms with Gasteiger partial charge >= 0.3 is 0 Å². The number of carbonyl (C=O) groups excluding carboxylic acids is 4. The largest absolute Gasteiger partial charge is 0.365 e. The van der Waals surface area contributed by atoms with Crippen molar-refractivity contribution in [2.45, 2.75) is 103 Å². The number of aliphatic hydroxyl groups is 2. The van der Waals surface area contributed by atoms with Crippen molar-refractivity contribution in [3.05, 3.63) is 0 Å². The van der Waals surface area contributed by atoms with Gasteiger partial charge in [0.1, 0.15) is 11.1 Å². The maximum absolute atomic E-state index is 13.8. The van der Waals surface area contributed by atoms with E-state index in [1.807, 2.05) is 0 Å². The number of hydrogen-bond donors (Lipinski definition) is 4. The second kappa shape index (κ2) is 6.66. The Labute approximate surface area is 188 Å². The average Bonchev–Trinajstić information content (AvgIpc) is 2.56. The van der Waals surface area contributed by atoms with Crippen LogP contribution in [0.5, 0.6) is 0 Å². The summed E-state index contributed by atoms with van der Waals surface area (Å²) < 4.78 is 0. The van der Waals surface area contributed by atoms with E-state index in [-0.39, 0.29) is 25.7 Å². The lowest BCUT2D eigenvalue weighted by atomic mass is 9.55. The summed E-state index contributed by atoms with van der Waals surface area (Å²) in [4.78, 5) is 55.3. The molecule has 2 aliphatic carbocycles. The predicted octanol–water partition coefficient (Wildman–Crippen LogP) is -0.0574. The topological polar surface area (TPSA) is 167 Å². The van der Waals surface area contributed by atoms with Crippen LogP contribution in [0.3, 0.4) is 0 Å². The van der Waals surface area contributed by atoms with E-state index in [9.17, 15) is 29.4 Å². The third kappa shape index (κ3) is 2.59. The minimum atomic E-state index is -2.63. The van der Waals surface area contributed by atoms with Gasteiger partial charge in [0.15, 0.2) is 0 Å². The van der Waals surface area contributed by atoms with Crippen LogP contribution in [0.4, 0.5) is 0 Å². The number of rotatable bonds is 2. The van der Waals surface area contributed by atoms with E-state index in [1.54, 1.807) is 41.5 Å². The molecule has 1 saturated heterocycles. The summed E-state index contributed by atoms with van der Waals surface area (Å²) in [7, 11) is 0. The first-order chi connectivity index (χ1) is 14.4. The Bertz CT molecular complexity index is 808. The SMILES string of the molecule is CC(C)(C)C(=O)N1C2(CCC2)[C@](O)(C(N)=O)N(C(=O)C(C)(C)C)C2(CCC2)[C@@]1(O)C(N)=O. The fourth-order valence-corrected chi connectivity index (χ4v) is 5.55. The Morgan fingerprint density at radius 3 is 1.03 bits per heavy atom. The quantitative estimate of drug-likeness (QED) is 0.458. The van der Waals surface area contributed by atoms with Gasteiger partial charge in [-0.1, -0.05) is 41.5 Å². The van der Waals surface area contributed by atoms with Crippen molar-refractivity contribution >= 4 is 23.6 Å². The third-order valence-corrected chi connectivity index (χ3v) is 7.54. The van der Waals surface area contributed by atoms with Crippen LogP contribution in [-0.4, -0.2) is 66.2 Å². The van der Waals surface area contributed by atoms with Gasteiger partial charge in [0, 0.05) is 10.8 Å². The van der Waals surface area contributed by atoms with Gasteiger partial charge in [0.2, 0.25) is 23.3 Å². The smallest absolute Gasteiger partial charge is 0.273 e. The van der Waals surface area contributed by atoms with Gasteiger partial charge < -0.3 is 21.7 Å². The van der Waals surface area contributed by atoms with Crippen LogP contribution in [0.2, 0.25) is 0 Å². The molecule has 0 unspecified atom stereocenters. The van der Waals surface area contributed by atoms with Crippen LogP contribution in [0.15, 0.2) is 0 Å². The number of hydrogen-bond acceptors (Lipinski definition) is 6. The van der Waals surface area contributed by atoms with E-state index in [1.165, 1.54) is 0 Å². The highest BCUT2D eigenvalue weighted by atomic mass is 16.4. The van der Waals surface area contributed by atoms with Crippen LogP contribution in [0.25, 0.3) is 0 Å². The lowest BCUT2D eigenvalue weighted by Gasteiger charge is -2.75. The van der Waals surface area contributed by atoms with Crippen molar-refractivity contribution in [1.29, 1.82) is 0 Å². The normalized spacial score (nSPS) is 31.1. The third-order valence-electron chi connectivity index (χ3n) is 7.54. The standard InChI is InChI=1S/C22H36N4O6/c1-17(2,3)15(29)25-19(9-7-10-19)22(32,14(24)28)26(16(30)18(4,5)6)20(11-8-12-20)21(25,31)13(23)27/h31-32H,7-12H2,1-6H3,(H2,23,27)(H2,24,28)/t21-,22+. The number of primary amides is 2. The van der Waals surface area contributed by atoms with E-state index in [4.69, 9.17) is 11.5 Å². The molecule has 0 bridgehead atoms. The molecule has 1 aliphatic heterocycles. The molecule has 6 N–H and O–H groups in total. The Balaban J connectivity index is 2.46. The Morgan fingerprint density at radius 1 is 0.656 bits per heavy atom. The molecule has 3 aliphatic rings.